The summed E-state index contributed by atoms with van der Waals surface area (Å²) in [5, 5.41) is 7.80. The number of hydrogen-bond acceptors (Lipinski definition) is 2. The van der Waals surface area contributed by atoms with Crippen molar-refractivity contribution in [2.45, 2.75) is 32.5 Å². The number of alkyl halides is 3. The summed E-state index contributed by atoms with van der Waals surface area (Å²) in [6, 6.07) is 9.22. The van der Waals surface area contributed by atoms with E-state index in [2.05, 4.69) is 0 Å². The fourth-order valence-corrected chi connectivity index (χ4v) is 3.01. The molecule has 0 radical (unpaired) electrons. The molecule has 3 rings (SSSR count). The molecule has 2 aromatic rings. The van der Waals surface area contributed by atoms with Crippen LogP contribution < -0.4 is 4.74 Å². The number of hydrogen-bond donors (Lipinski definition) is 1. The Labute approximate surface area is 132 Å². The van der Waals surface area contributed by atoms with Crippen LogP contribution in [0.2, 0.25) is 0 Å². The SMILES string of the molecule is CC(=N)c1cccc(C2Cc3cc(C(F)(F)F)ccc3O2)c1C. The van der Waals surface area contributed by atoms with Crippen molar-refractivity contribution in [1.82, 2.24) is 0 Å². The summed E-state index contributed by atoms with van der Waals surface area (Å²) in [7, 11) is 0. The fourth-order valence-electron chi connectivity index (χ4n) is 3.01. The first-order chi connectivity index (χ1) is 10.8. The van der Waals surface area contributed by atoms with E-state index in [4.69, 9.17) is 10.1 Å². The summed E-state index contributed by atoms with van der Waals surface area (Å²) in [6.07, 6.45) is -4.26. The fraction of sp³-hybridized carbons (Fsp3) is 0.278. The minimum Gasteiger partial charge on any atom is -0.485 e. The van der Waals surface area contributed by atoms with Gasteiger partial charge in [-0.15, -0.1) is 0 Å². The average molecular weight is 319 g/mol. The smallest absolute Gasteiger partial charge is 0.416 e. The zero-order valence-corrected chi connectivity index (χ0v) is 12.8. The number of halogens is 3. The predicted molar refractivity (Wildman–Crippen MR) is 82.2 cm³/mol. The van der Waals surface area contributed by atoms with E-state index in [-0.39, 0.29) is 6.10 Å². The van der Waals surface area contributed by atoms with Gasteiger partial charge in [0.2, 0.25) is 0 Å². The van der Waals surface area contributed by atoms with E-state index in [1.54, 1.807) is 6.92 Å². The number of fused-ring (bicyclic) bond motifs is 1. The third-order valence-electron chi connectivity index (χ3n) is 4.19. The Kier molecular flexibility index (Phi) is 3.66. The van der Waals surface area contributed by atoms with Crippen molar-refractivity contribution in [2.75, 3.05) is 0 Å². The maximum absolute atomic E-state index is 12.8. The zero-order valence-electron chi connectivity index (χ0n) is 12.8. The second-order valence-corrected chi connectivity index (χ2v) is 5.78. The zero-order chi connectivity index (χ0) is 16.8. The summed E-state index contributed by atoms with van der Waals surface area (Å²) in [5.41, 5.74) is 3.06. The van der Waals surface area contributed by atoms with Crippen LogP contribution >= 0.6 is 0 Å². The topological polar surface area (TPSA) is 33.1 Å². The van der Waals surface area contributed by atoms with Gasteiger partial charge in [0.1, 0.15) is 11.9 Å². The first kappa shape index (κ1) is 15.6. The van der Waals surface area contributed by atoms with Gasteiger partial charge in [-0.05, 0) is 54.3 Å². The quantitative estimate of drug-likeness (QED) is 0.770. The molecule has 0 saturated heterocycles. The van der Waals surface area contributed by atoms with E-state index in [0.717, 1.165) is 28.8 Å². The summed E-state index contributed by atoms with van der Waals surface area (Å²) >= 11 is 0. The van der Waals surface area contributed by atoms with E-state index in [9.17, 15) is 13.2 Å². The second kappa shape index (κ2) is 5.41. The van der Waals surface area contributed by atoms with Crippen LogP contribution in [0.5, 0.6) is 5.75 Å². The number of nitrogens with one attached hydrogen (secondary N) is 1. The lowest BCUT2D eigenvalue weighted by molar-refractivity contribution is -0.137. The molecule has 0 fully saturated rings. The van der Waals surface area contributed by atoms with E-state index in [1.165, 1.54) is 6.07 Å². The molecule has 1 atom stereocenters. The third-order valence-corrected chi connectivity index (χ3v) is 4.19. The highest BCUT2D eigenvalue weighted by atomic mass is 19.4. The lowest BCUT2D eigenvalue weighted by Gasteiger charge is -2.16. The Bertz CT molecular complexity index is 780. The second-order valence-electron chi connectivity index (χ2n) is 5.78. The predicted octanol–water partition coefficient (Wildman–Crippen LogP) is 5.08. The molecule has 0 aliphatic carbocycles. The molecule has 1 N–H and O–H groups in total. The van der Waals surface area contributed by atoms with E-state index in [0.29, 0.717) is 23.4 Å². The first-order valence-corrected chi connectivity index (χ1v) is 7.29. The molecule has 2 nitrogen and oxygen atoms in total. The molecule has 0 spiro atoms. The van der Waals surface area contributed by atoms with E-state index >= 15 is 0 Å². The van der Waals surface area contributed by atoms with Crippen LogP contribution in [0.15, 0.2) is 36.4 Å². The summed E-state index contributed by atoms with van der Waals surface area (Å²) in [4.78, 5) is 0. The van der Waals surface area contributed by atoms with Crippen LogP contribution in [-0.4, -0.2) is 5.71 Å². The molecule has 1 aliphatic rings. The van der Waals surface area contributed by atoms with Gasteiger partial charge in [-0.1, -0.05) is 18.2 Å². The molecule has 0 bridgehead atoms. The van der Waals surface area contributed by atoms with Crippen molar-refractivity contribution in [1.29, 1.82) is 5.41 Å². The minimum atomic E-state index is -4.35. The Balaban J connectivity index is 1.94. The molecule has 23 heavy (non-hydrogen) atoms. The van der Waals surface area contributed by atoms with Crippen LogP contribution in [-0.2, 0) is 12.6 Å². The van der Waals surface area contributed by atoms with Crippen molar-refractivity contribution >= 4 is 5.71 Å². The van der Waals surface area contributed by atoms with Crippen molar-refractivity contribution < 1.29 is 17.9 Å². The van der Waals surface area contributed by atoms with Crippen molar-refractivity contribution in [2.24, 2.45) is 0 Å². The first-order valence-electron chi connectivity index (χ1n) is 7.29. The van der Waals surface area contributed by atoms with Crippen LogP contribution in [0.3, 0.4) is 0 Å². The third kappa shape index (κ3) is 2.83. The molecular weight excluding hydrogens is 303 g/mol. The Morgan fingerprint density at radius 2 is 1.96 bits per heavy atom. The molecule has 120 valence electrons. The van der Waals surface area contributed by atoms with Gasteiger partial charge in [0.05, 0.1) is 5.56 Å². The summed E-state index contributed by atoms with van der Waals surface area (Å²) in [6.45, 7) is 3.63. The van der Waals surface area contributed by atoms with Crippen molar-refractivity contribution in [3.8, 4) is 5.75 Å². The maximum atomic E-state index is 12.8. The Morgan fingerprint density at radius 3 is 2.61 bits per heavy atom. The minimum absolute atomic E-state index is 0.312. The van der Waals surface area contributed by atoms with Gasteiger partial charge in [-0.3, -0.25) is 0 Å². The lowest BCUT2D eigenvalue weighted by atomic mass is 9.94. The molecule has 5 heteroatoms. The summed E-state index contributed by atoms with van der Waals surface area (Å²) < 4.78 is 44.3. The lowest BCUT2D eigenvalue weighted by Crippen LogP contribution is -2.08. The van der Waals surface area contributed by atoms with Gasteiger partial charge < -0.3 is 10.1 Å². The highest BCUT2D eigenvalue weighted by Crippen LogP contribution is 2.41. The molecule has 1 aliphatic heterocycles. The van der Waals surface area contributed by atoms with Gasteiger partial charge in [-0.2, -0.15) is 13.2 Å². The summed E-state index contributed by atoms with van der Waals surface area (Å²) in [5.74, 6) is 0.499. The van der Waals surface area contributed by atoms with Gasteiger partial charge >= 0.3 is 6.18 Å². The van der Waals surface area contributed by atoms with Crippen LogP contribution in [0.25, 0.3) is 0 Å². The molecule has 2 aromatic carbocycles. The standard InChI is InChI=1S/C18H16F3NO/c1-10-14(11(2)22)4-3-5-15(10)17-9-12-8-13(18(19,20)21)6-7-16(12)23-17/h3-8,17,22H,9H2,1-2H3. The molecular formula is C18H16F3NO. The highest BCUT2D eigenvalue weighted by Gasteiger charge is 2.33. The molecule has 0 saturated carbocycles. The van der Waals surface area contributed by atoms with Crippen LogP contribution in [0.4, 0.5) is 13.2 Å². The molecule has 0 amide bonds. The highest BCUT2D eigenvalue weighted by molar-refractivity contribution is 5.97. The van der Waals surface area contributed by atoms with Gasteiger partial charge in [-0.25, -0.2) is 0 Å². The normalized spacial score (nSPS) is 16.8. The van der Waals surface area contributed by atoms with Crippen LogP contribution in [0, 0.1) is 12.3 Å². The molecule has 1 heterocycles. The van der Waals surface area contributed by atoms with E-state index in [1.807, 2.05) is 25.1 Å². The van der Waals surface area contributed by atoms with Gasteiger partial charge in [0.15, 0.2) is 0 Å². The number of rotatable bonds is 2. The van der Waals surface area contributed by atoms with Crippen molar-refractivity contribution in [3.63, 3.8) is 0 Å². The Hall–Kier alpha value is -2.30. The number of ether oxygens (including phenoxy) is 1. The largest absolute Gasteiger partial charge is 0.485 e. The van der Waals surface area contributed by atoms with Crippen molar-refractivity contribution in [3.05, 3.63) is 64.2 Å². The maximum Gasteiger partial charge on any atom is 0.416 e. The molecule has 0 aromatic heterocycles. The number of benzene rings is 2. The van der Waals surface area contributed by atoms with Gasteiger partial charge in [0.25, 0.3) is 0 Å². The van der Waals surface area contributed by atoms with E-state index < -0.39 is 11.7 Å². The molecule has 1 unspecified atom stereocenters. The van der Waals surface area contributed by atoms with Crippen LogP contribution in [0.1, 0.15) is 40.8 Å². The Morgan fingerprint density at radius 1 is 1.22 bits per heavy atom. The monoisotopic (exact) mass is 319 g/mol. The average Bonchev–Trinajstić information content (AvgIpc) is 2.88. The van der Waals surface area contributed by atoms with Gasteiger partial charge in [0, 0.05) is 12.1 Å².